The summed E-state index contributed by atoms with van der Waals surface area (Å²) in [6.07, 6.45) is 2.88. The van der Waals surface area contributed by atoms with Crippen LogP contribution in [0, 0.1) is 6.92 Å². The number of ether oxygens (including phenoxy) is 1. The molecule has 0 saturated carbocycles. The smallest absolute Gasteiger partial charge is 0.414 e. The highest BCUT2D eigenvalue weighted by Gasteiger charge is 2.14. The van der Waals surface area contributed by atoms with Gasteiger partial charge >= 0.3 is 11.9 Å². The van der Waals surface area contributed by atoms with Crippen molar-refractivity contribution in [3.63, 3.8) is 0 Å². The largest absolute Gasteiger partial charge is 0.493 e. The fourth-order valence-corrected chi connectivity index (χ4v) is 1.86. The minimum Gasteiger partial charge on any atom is -0.493 e. The Balaban J connectivity index is 0.000000823. The summed E-state index contributed by atoms with van der Waals surface area (Å²) >= 11 is 0. The fourth-order valence-electron chi connectivity index (χ4n) is 1.86. The van der Waals surface area contributed by atoms with Gasteiger partial charge in [0, 0.05) is 6.54 Å². The molecule has 1 aromatic carbocycles. The second kappa shape index (κ2) is 11.3. The SMILES string of the molecule is C=CCNCCCOc1ccc(C(C)(C)C)cc1C.O=C(O)C(=O)O. The van der Waals surface area contributed by atoms with E-state index in [1.807, 2.05) is 6.08 Å². The summed E-state index contributed by atoms with van der Waals surface area (Å²) in [5.74, 6) is -2.65. The van der Waals surface area contributed by atoms with Gasteiger partial charge in [0.2, 0.25) is 0 Å². The molecule has 0 spiro atoms. The van der Waals surface area contributed by atoms with Crippen LogP contribution in [0.2, 0.25) is 0 Å². The summed E-state index contributed by atoms with van der Waals surface area (Å²) in [4.78, 5) is 18.2. The van der Waals surface area contributed by atoms with E-state index < -0.39 is 11.9 Å². The van der Waals surface area contributed by atoms with Crippen LogP contribution < -0.4 is 10.1 Å². The van der Waals surface area contributed by atoms with E-state index in [0.717, 1.165) is 31.9 Å². The van der Waals surface area contributed by atoms with Crippen LogP contribution in [0.4, 0.5) is 0 Å². The molecule has 140 valence electrons. The molecule has 3 N–H and O–H groups in total. The highest BCUT2D eigenvalue weighted by Crippen LogP contribution is 2.27. The molecular weight excluding hydrogens is 322 g/mol. The van der Waals surface area contributed by atoms with Gasteiger partial charge in [0.05, 0.1) is 6.61 Å². The van der Waals surface area contributed by atoms with E-state index in [-0.39, 0.29) is 5.41 Å². The third-order valence-electron chi connectivity index (χ3n) is 3.27. The summed E-state index contributed by atoms with van der Waals surface area (Å²) in [7, 11) is 0. The molecule has 0 saturated heterocycles. The summed E-state index contributed by atoms with van der Waals surface area (Å²) in [5.41, 5.74) is 2.76. The van der Waals surface area contributed by atoms with Gasteiger partial charge < -0.3 is 20.3 Å². The molecule has 0 atom stereocenters. The number of hydrogen-bond donors (Lipinski definition) is 3. The van der Waals surface area contributed by atoms with E-state index in [0.29, 0.717) is 0 Å². The maximum atomic E-state index is 9.10. The monoisotopic (exact) mass is 351 g/mol. The Hall–Kier alpha value is -2.34. The predicted molar refractivity (Wildman–Crippen MR) is 98.3 cm³/mol. The van der Waals surface area contributed by atoms with Gasteiger partial charge in [0.15, 0.2) is 0 Å². The molecule has 25 heavy (non-hydrogen) atoms. The van der Waals surface area contributed by atoms with Gasteiger partial charge in [-0.05, 0) is 42.5 Å². The third kappa shape index (κ3) is 10.2. The molecule has 0 aliphatic carbocycles. The van der Waals surface area contributed by atoms with Crippen molar-refractivity contribution in [3.05, 3.63) is 42.0 Å². The molecule has 6 heteroatoms. The highest BCUT2D eigenvalue weighted by atomic mass is 16.5. The maximum Gasteiger partial charge on any atom is 0.414 e. The van der Waals surface area contributed by atoms with Gasteiger partial charge in [0.1, 0.15) is 5.75 Å². The quantitative estimate of drug-likeness (QED) is 0.397. The zero-order valence-corrected chi connectivity index (χ0v) is 15.5. The first-order chi connectivity index (χ1) is 11.6. The highest BCUT2D eigenvalue weighted by molar-refractivity contribution is 6.27. The number of rotatable bonds is 7. The van der Waals surface area contributed by atoms with Gasteiger partial charge in [-0.2, -0.15) is 0 Å². The molecule has 0 unspecified atom stereocenters. The third-order valence-corrected chi connectivity index (χ3v) is 3.27. The van der Waals surface area contributed by atoms with Gasteiger partial charge in [0.25, 0.3) is 0 Å². The molecule has 1 rings (SSSR count). The van der Waals surface area contributed by atoms with Crippen molar-refractivity contribution in [2.24, 2.45) is 0 Å². The Morgan fingerprint density at radius 2 is 1.84 bits per heavy atom. The molecule has 0 aliphatic heterocycles. The number of nitrogens with one attached hydrogen (secondary N) is 1. The summed E-state index contributed by atoms with van der Waals surface area (Å²) in [6.45, 7) is 15.0. The number of hydrogen-bond acceptors (Lipinski definition) is 4. The van der Waals surface area contributed by atoms with Gasteiger partial charge in [-0.1, -0.05) is 39.0 Å². The average molecular weight is 351 g/mol. The van der Waals surface area contributed by atoms with E-state index in [9.17, 15) is 0 Å². The normalized spacial score (nSPS) is 10.4. The van der Waals surface area contributed by atoms with E-state index in [4.69, 9.17) is 24.5 Å². The van der Waals surface area contributed by atoms with Crippen LogP contribution in [0.1, 0.15) is 38.3 Å². The van der Waals surface area contributed by atoms with Gasteiger partial charge in [-0.3, -0.25) is 0 Å². The topological polar surface area (TPSA) is 95.9 Å². The summed E-state index contributed by atoms with van der Waals surface area (Å²) in [5, 5.41) is 18.0. The summed E-state index contributed by atoms with van der Waals surface area (Å²) in [6, 6.07) is 6.48. The molecular formula is C19H29NO5. The molecule has 0 heterocycles. The number of carbonyl (C=O) groups is 2. The van der Waals surface area contributed by atoms with Crippen LogP contribution in [0.5, 0.6) is 5.75 Å². The second-order valence-corrected chi connectivity index (χ2v) is 6.54. The Morgan fingerprint density at radius 1 is 1.24 bits per heavy atom. The van der Waals surface area contributed by atoms with Crippen LogP contribution in [-0.4, -0.2) is 41.8 Å². The molecule has 0 bridgehead atoms. The van der Waals surface area contributed by atoms with Crippen molar-refractivity contribution in [2.45, 2.75) is 39.5 Å². The zero-order chi connectivity index (χ0) is 19.5. The molecule has 0 aliphatic rings. The minimum atomic E-state index is -1.82. The second-order valence-electron chi connectivity index (χ2n) is 6.54. The van der Waals surface area contributed by atoms with Crippen LogP contribution in [0.3, 0.4) is 0 Å². The first kappa shape index (κ1) is 22.7. The Bertz CT molecular complexity index is 564. The first-order valence-corrected chi connectivity index (χ1v) is 8.11. The van der Waals surface area contributed by atoms with Crippen LogP contribution in [-0.2, 0) is 15.0 Å². The Morgan fingerprint density at radius 3 is 2.28 bits per heavy atom. The number of carboxylic acid groups (broad SMARTS) is 2. The minimum absolute atomic E-state index is 0.192. The van der Waals surface area contributed by atoms with Crippen molar-refractivity contribution < 1.29 is 24.5 Å². The van der Waals surface area contributed by atoms with Crippen LogP contribution in [0.25, 0.3) is 0 Å². The van der Waals surface area contributed by atoms with Crippen molar-refractivity contribution in [1.29, 1.82) is 0 Å². The fraction of sp³-hybridized carbons (Fsp3) is 0.474. The van der Waals surface area contributed by atoms with Crippen molar-refractivity contribution >= 4 is 11.9 Å². The lowest BCUT2D eigenvalue weighted by Gasteiger charge is -2.20. The van der Waals surface area contributed by atoms with Crippen molar-refractivity contribution in [3.8, 4) is 5.75 Å². The predicted octanol–water partition coefficient (Wildman–Crippen LogP) is 2.99. The number of aryl methyl sites for hydroxylation is 1. The number of carboxylic acids is 2. The lowest BCUT2D eigenvalue weighted by atomic mass is 9.86. The lowest BCUT2D eigenvalue weighted by Crippen LogP contribution is -2.17. The van der Waals surface area contributed by atoms with E-state index >= 15 is 0 Å². The molecule has 0 aromatic heterocycles. The Kier molecular flexibility index (Phi) is 10.2. The number of benzene rings is 1. The standard InChI is InChI=1S/C17H27NO.C2H2O4/c1-6-10-18-11-7-12-19-16-9-8-15(13-14(16)2)17(3,4)5;3-1(4)2(5)6/h6,8-9,13,18H,1,7,10-12H2,2-5H3;(H,3,4)(H,5,6). The lowest BCUT2D eigenvalue weighted by molar-refractivity contribution is -0.159. The summed E-state index contributed by atoms with van der Waals surface area (Å²) < 4.78 is 5.82. The van der Waals surface area contributed by atoms with Crippen molar-refractivity contribution in [2.75, 3.05) is 19.7 Å². The van der Waals surface area contributed by atoms with E-state index in [1.54, 1.807) is 0 Å². The first-order valence-electron chi connectivity index (χ1n) is 8.11. The van der Waals surface area contributed by atoms with Crippen molar-refractivity contribution in [1.82, 2.24) is 5.32 Å². The molecule has 0 fully saturated rings. The van der Waals surface area contributed by atoms with Crippen LogP contribution in [0.15, 0.2) is 30.9 Å². The number of aliphatic carboxylic acids is 2. The van der Waals surface area contributed by atoms with Crippen LogP contribution >= 0.6 is 0 Å². The molecule has 0 amide bonds. The van der Waals surface area contributed by atoms with Gasteiger partial charge in [-0.25, -0.2) is 9.59 Å². The zero-order valence-electron chi connectivity index (χ0n) is 15.5. The average Bonchev–Trinajstić information content (AvgIpc) is 2.51. The van der Waals surface area contributed by atoms with E-state index in [2.05, 4.69) is 57.8 Å². The maximum absolute atomic E-state index is 9.10. The molecule has 0 radical (unpaired) electrons. The molecule has 6 nitrogen and oxygen atoms in total. The van der Waals surface area contributed by atoms with E-state index in [1.165, 1.54) is 11.1 Å². The van der Waals surface area contributed by atoms with Gasteiger partial charge in [-0.15, -0.1) is 6.58 Å². The Labute approximate surface area is 149 Å². The molecule has 1 aromatic rings.